The zero-order valence-corrected chi connectivity index (χ0v) is 19.6. The fourth-order valence-corrected chi connectivity index (χ4v) is 3.77. The molecule has 0 aliphatic carbocycles. The first-order valence-electron chi connectivity index (χ1n) is 11.0. The Morgan fingerprint density at radius 1 is 1.03 bits per heavy atom. The molecule has 0 saturated carbocycles. The zero-order chi connectivity index (χ0) is 25.1. The van der Waals surface area contributed by atoms with Crippen LogP contribution in [-0.4, -0.2) is 41.3 Å². The molecular weight excluding hydrogens is 446 g/mol. The maximum Gasteiger partial charge on any atom is 0.259 e. The molecule has 4 aromatic rings. The summed E-state index contributed by atoms with van der Waals surface area (Å²) in [5.41, 5.74) is 8.32. The maximum absolute atomic E-state index is 13.3. The number of nitrogens with zero attached hydrogens (tertiary/aromatic N) is 3. The molecule has 0 fully saturated rings. The first-order valence-corrected chi connectivity index (χ1v) is 11.0. The van der Waals surface area contributed by atoms with E-state index in [-0.39, 0.29) is 11.8 Å². The van der Waals surface area contributed by atoms with Crippen LogP contribution in [0.2, 0.25) is 0 Å². The van der Waals surface area contributed by atoms with Gasteiger partial charge in [-0.2, -0.15) is 0 Å². The fourth-order valence-electron chi connectivity index (χ4n) is 3.77. The highest BCUT2D eigenvalue weighted by Crippen LogP contribution is 2.26. The summed E-state index contributed by atoms with van der Waals surface area (Å²) in [4.78, 5) is 43.6. The van der Waals surface area contributed by atoms with Crippen molar-refractivity contribution < 1.29 is 19.1 Å². The number of nitrogens with one attached hydrogen (secondary N) is 1. The molecule has 0 aliphatic heterocycles. The van der Waals surface area contributed by atoms with Crippen molar-refractivity contribution in [1.82, 2.24) is 9.38 Å². The Balaban J connectivity index is 1.67. The van der Waals surface area contributed by atoms with Crippen molar-refractivity contribution in [2.24, 2.45) is 5.73 Å². The molecule has 0 saturated heterocycles. The second kappa shape index (κ2) is 9.68. The molecule has 4 rings (SSSR count). The number of aromatic nitrogens is 2. The van der Waals surface area contributed by atoms with Crippen LogP contribution in [0.25, 0.3) is 5.65 Å². The molecule has 3 amide bonds. The Morgan fingerprint density at radius 3 is 2.40 bits per heavy atom. The van der Waals surface area contributed by atoms with Crippen LogP contribution in [0.15, 0.2) is 66.9 Å². The molecule has 9 heteroatoms. The van der Waals surface area contributed by atoms with Crippen LogP contribution in [0, 0.1) is 0 Å². The normalized spacial score (nSPS) is 10.7. The topological polar surface area (TPSA) is 119 Å². The fraction of sp³-hybridized carbons (Fsp3) is 0.154. The van der Waals surface area contributed by atoms with E-state index < -0.39 is 5.91 Å². The number of benzene rings is 2. The molecule has 0 bridgehead atoms. The highest BCUT2D eigenvalue weighted by Gasteiger charge is 2.22. The van der Waals surface area contributed by atoms with Crippen LogP contribution >= 0.6 is 0 Å². The maximum atomic E-state index is 13.3. The lowest BCUT2D eigenvalue weighted by molar-refractivity contribution is 0.0986. The number of hydrogen-bond acceptors (Lipinski definition) is 5. The second-order valence-electron chi connectivity index (χ2n) is 7.87. The predicted molar refractivity (Wildman–Crippen MR) is 133 cm³/mol. The molecule has 0 atom stereocenters. The highest BCUT2D eigenvalue weighted by molar-refractivity contribution is 6.07. The number of aryl methyl sites for hydroxylation is 1. The minimum absolute atomic E-state index is 0.232. The molecular formula is C26H25N5O4. The van der Waals surface area contributed by atoms with Gasteiger partial charge >= 0.3 is 0 Å². The molecule has 2 aromatic carbocycles. The SMILES string of the molecule is CCc1nc2ccc(C(=O)Nc3ccc(C(N)=O)cc3)cn2c1N(C)C(=O)c1cccc(OC)c1. The molecule has 0 radical (unpaired) electrons. The molecule has 35 heavy (non-hydrogen) atoms. The van der Waals surface area contributed by atoms with Gasteiger partial charge in [-0.15, -0.1) is 0 Å². The van der Waals surface area contributed by atoms with Crippen molar-refractivity contribution in [3.8, 4) is 5.75 Å². The first-order chi connectivity index (χ1) is 16.8. The standard InChI is InChI=1S/C26H25N5O4/c1-4-21-25(30(2)26(34)17-6-5-7-20(14-17)35-3)31-15-18(10-13-22(31)29-21)24(33)28-19-11-8-16(9-12-19)23(27)32/h5-15H,4H2,1-3H3,(H2,27,32)(H,28,33). The largest absolute Gasteiger partial charge is 0.497 e. The molecule has 0 spiro atoms. The number of imidazole rings is 1. The van der Waals surface area contributed by atoms with E-state index >= 15 is 0 Å². The van der Waals surface area contributed by atoms with Gasteiger partial charge in [-0.05, 0) is 61.0 Å². The van der Waals surface area contributed by atoms with E-state index in [9.17, 15) is 14.4 Å². The van der Waals surface area contributed by atoms with Gasteiger partial charge in [0.2, 0.25) is 5.91 Å². The number of fused-ring (bicyclic) bond motifs is 1. The van der Waals surface area contributed by atoms with E-state index in [0.29, 0.717) is 46.0 Å². The molecule has 2 heterocycles. The third kappa shape index (κ3) is 4.70. The summed E-state index contributed by atoms with van der Waals surface area (Å²) in [6.07, 6.45) is 2.25. The predicted octanol–water partition coefficient (Wildman–Crippen LogP) is 3.53. The first kappa shape index (κ1) is 23.5. The Hall–Kier alpha value is -4.66. The second-order valence-corrected chi connectivity index (χ2v) is 7.87. The number of pyridine rings is 1. The minimum atomic E-state index is -0.541. The van der Waals surface area contributed by atoms with Crippen molar-refractivity contribution in [3.63, 3.8) is 0 Å². The third-order valence-electron chi connectivity index (χ3n) is 5.63. The van der Waals surface area contributed by atoms with Gasteiger partial charge in [0.05, 0.1) is 18.4 Å². The van der Waals surface area contributed by atoms with Gasteiger partial charge in [0.25, 0.3) is 11.8 Å². The van der Waals surface area contributed by atoms with Gasteiger partial charge in [0.1, 0.15) is 17.2 Å². The van der Waals surface area contributed by atoms with Crippen LogP contribution in [-0.2, 0) is 6.42 Å². The highest BCUT2D eigenvalue weighted by atomic mass is 16.5. The van der Waals surface area contributed by atoms with E-state index in [1.54, 1.807) is 85.4 Å². The van der Waals surface area contributed by atoms with Crippen LogP contribution in [0.3, 0.4) is 0 Å². The Kier molecular flexibility index (Phi) is 6.50. The van der Waals surface area contributed by atoms with Gasteiger partial charge in [-0.3, -0.25) is 23.7 Å². The van der Waals surface area contributed by atoms with Gasteiger partial charge in [0.15, 0.2) is 0 Å². The average Bonchev–Trinajstić information content (AvgIpc) is 3.26. The summed E-state index contributed by atoms with van der Waals surface area (Å²) in [7, 11) is 3.23. The number of hydrogen-bond donors (Lipinski definition) is 2. The van der Waals surface area contributed by atoms with Crippen LogP contribution in [0.4, 0.5) is 11.5 Å². The summed E-state index contributed by atoms with van der Waals surface area (Å²) in [6, 6.07) is 16.6. The summed E-state index contributed by atoms with van der Waals surface area (Å²) in [5, 5.41) is 2.80. The average molecular weight is 472 g/mol. The number of nitrogens with two attached hydrogens (primary N) is 1. The van der Waals surface area contributed by atoms with Gasteiger partial charge in [-0.25, -0.2) is 4.98 Å². The number of anilines is 2. The molecule has 178 valence electrons. The minimum Gasteiger partial charge on any atom is -0.497 e. The smallest absolute Gasteiger partial charge is 0.259 e. The Bertz CT molecular complexity index is 1430. The van der Waals surface area contributed by atoms with E-state index in [1.807, 2.05) is 6.92 Å². The van der Waals surface area contributed by atoms with Crippen molar-refractivity contribution in [2.45, 2.75) is 13.3 Å². The van der Waals surface area contributed by atoms with E-state index in [2.05, 4.69) is 10.3 Å². The van der Waals surface area contributed by atoms with Crippen molar-refractivity contribution in [1.29, 1.82) is 0 Å². The summed E-state index contributed by atoms with van der Waals surface area (Å²) in [6.45, 7) is 1.96. The van der Waals surface area contributed by atoms with Gasteiger partial charge in [0, 0.05) is 30.1 Å². The molecule has 0 aliphatic rings. The van der Waals surface area contributed by atoms with Gasteiger partial charge in [-0.1, -0.05) is 13.0 Å². The molecule has 3 N–H and O–H groups in total. The monoisotopic (exact) mass is 471 g/mol. The zero-order valence-electron chi connectivity index (χ0n) is 19.6. The number of carbonyl (C=O) groups excluding carboxylic acids is 3. The lowest BCUT2D eigenvalue weighted by Crippen LogP contribution is -2.28. The summed E-state index contributed by atoms with van der Waals surface area (Å²) >= 11 is 0. The summed E-state index contributed by atoms with van der Waals surface area (Å²) < 4.78 is 6.98. The van der Waals surface area contributed by atoms with E-state index in [0.717, 1.165) is 5.69 Å². The number of ether oxygens (including phenoxy) is 1. The lowest BCUT2D eigenvalue weighted by atomic mass is 10.2. The quantitative estimate of drug-likeness (QED) is 0.427. The number of methoxy groups -OCH3 is 1. The van der Waals surface area contributed by atoms with Crippen LogP contribution < -0.4 is 20.7 Å². The van der Waals surface area contributed by atoms with Crippen molar-refractivity contribution in [3.05, 3.63) is 89.2 Å². The van der Waals surface area contributed by atoms with Gasteiger partial charge < -0.3 is 15.8 Å². The number of amides is 3. The molecule has 0 unspecified atom stereocenters. The van der Waals surface area contributed by atoms with Crippen LogP contribution in [0.1, 0.15) is 43.7 Å². The Labute approximate surface area is 202 Å². The summed E-state index contributed by atoms with van der Waals surface area (Å²) in [5.74, 6) is 0.0417. The van der Waals surface area contributed by atoms with E-state index in [1.165, 1.54) is 4.90 Å². The third-order valence-corrected chi connectivity index (χ3v) is 5.63. The number of carbonyl (C=O) groups is 3. The lowest BCUT2D eigenvalue weighted by Gasteiger charge is -2.19. The van der Waals surface area contributed by atoms with Crippen LogP contribution in [0.5, 0.6) is 5.75 Å². The van der Waals surface area contributed by atoms with Crippen molar-refractivity contribution in [2.75, 3.05) is 24.4 Å². The van der Waals surface area contributed by atoms with Crippen molar-refractivity contribution >= 4 is 34.9 Å². The van der Waals surface area contributed by atoms with E-state index in [4.69, 9.17) is 10.5 Å². The molecule has 2 aromatic heterocycles. The molecule has 9 nitrogen and oxygen atoms in total. The Morgan fingerprint density at radius 2 is 1.74 bits per heavy atom. The number of rotatable bonds is 7. The number of primary amides is 1.